The number of Topliss-reactive ketones (excluding diaryl/α,β-unsaturated/α-hetero) is 1. The fraction of sp³-hybridized carbons (Fsp3) is 0.857. The first-order chi connectivity index (χ1) is 8.57. The number of nitrogens with one attached hydrogen (secondary N) is 1. The van der Waals surface area contributed by atoms with Crippen LogP contribution in [0, 0.1) is 11.3 Å². The molecule has 0 aromatic heterocycles. The van der Waals surface area contributed by atoms with Gasteiger partial charge in [0.25, 0.3) is 0 Å². The molecule has 2 atom stereocenters. The number of carbonyl (C=O) groups excluding carboxylic acids is 2. The molecule has 0 radical (unpaired) electrons. The molecule has 102 valence electrons. The molecule has 1 saturated heterocycles. The summed E-state index contributed by atoms with van der Waals surface area (Å²) < 4.78 is 5.48. The minimum atomic E-state index is -0.226. The SMILES string of the molecule is CCCCCC(C)C(=O)OC1NCC12CC(=O)C2. The second-order valence-corrected chi connectivity index (χ2v) is 5.85. The summed E-state index contributed by atoms with van der Waals surface area (Å²) in [6.45, 7) is 4.88. The van der Waals surface area contributed by atoms with Gasteiger partial charge in [0.05, 0.1) is 5.92 Å². The molecule has 0 aromatic carbocycles. The topological polar surface area (TPSA) is 55.4 Å². The van der Waals surface area contributed by atoms with E-state index in [1.54, 1.807) is 0 Å². The normalized spacial score (nSPS) is 26.3. The smallest absolute Gasteiger partial charge is 0.310 e. The van der Waals surface area contributed by atoms with Gasteiger partial charge in [0.1, 0.15) is 5.78 Å². The summed E-state index contributed by atoms with van der Waals surface area (Å²) in [6, 6.07) is 0. The van der Waals surface area contributed by atoms with Crippen molar-refractivity contribution in [2.75, 3.05) is 6.54 Å². The van der Waals surface area contributed by atoms with Gasteiger partial charge in [-0.2, -0.15) is 0 Å². The average Bonchev–Trinajstić information content (AvgIpc) is 2.30. The summed E-state index contributed by atoms with van der Waals surface area (Å²) in [5.41, 5.74) is -0.0596. The Kier molecular flexibility index (Phi) is 4.05. The van der Waals surface area contributed by atoms with Crippen LogP contribution in [0.1, 0.15) is 52.4 Å². The van der Waals surface area contributed by atoms with Crippen molar-refractivity contribution in [2.24, 2.45) is 11.3 Å². The van der Waals surface area contributed by atoms with E-state index in [2.05, 4.69) is 12.2 Å². The van der Waals surface area contributed by atoms with Crippen molar-refractivity contribution in [1.29, 1.82) is 0 Å². The minimum Gasteiger partial charge on any atom is -0.446 e. The molecule has 4 nitrogen and oxygen atoms in total. The lowest BCUT2D eigenvalue weighted by atomic mass is 9.62. The lowest BCUT2D eigenvalue weighted by Gasteiger charge is -2.53. The maximum Gasteiger partial charge on any atom is 0.310 e. The van der Waals surface area contributed by atoms with E-state index in [1.165, 1.54) is 0 Å². The van der Waals surface area contributed by atoms with Gasteiger partial charge in [-0.25, -0.2) is 0 Å². The molecular weight excluding hydrogens is 230 g/mol. The monoisotopic (exact) mass is 253 g/mol. The first kappa shape index (κ1) is 13.5. The minimum absolute atomic E-state index is 0.0354. The summed E-state index contributed by atoms with van der Waals surface area (Å²) in [5.74, 6) is 0.127. The van der Waals surface area contributed by atoms with E-state index in [4.69, 9.17) is 4.74 Å². The van der Waals surface area contributed by atoms with E-state index in [1.807, 2.05) is 6.92 Å². The molecule has 2 rings (SSSR count). The van der Waals surface area contributed by atoms with E-state index in [-0.39, 0.29) is 29.3 Å². The van der Waals surface area contributed by atoms with Crippen LogP contribution in [0.15, 0.2) is 0 Å². The Bertz CT molecular complexity index is 332. The molecule has 1 aliphatic heterocycles. The second-order valence-electron chi connectivity index (χ2n) is 5.85. The molecule has 1 heterocycles. The number of hydrogen-bond donors (Lipinski definition) is 1. The quantitative estimate of drug-likeness (QED) is 0.581. The van der Waals surface area contributed by atoms with Crippen LogP contribution in [0.4, 0.5) is 0 Å². The van der Waals surface area contributed by atoms with Crippen LogP contribution >= 0.6 is 0 Å². The molecule has 4 heteroatoms. The highest BCUT2D eigenvalue weighted by molar-refractivity contribution is 5.87. The van der Waals surface area contributed by atoms with Crippen LogP contribution in [-0.4, -0.2) is 24.5 Å². The van der Waals surface area contributed by atoms with E-state index < -0.39 is 0 Å². The predicted octanol–water partition coefficient (Wildman–Crippen LogP) is 2.02. The highest BCUT2D eigenvalue weighted by Gasteiger charge is 2.57. The molecule has 18 heavy (non-hydrogen) atoms. The lowest BCUT2D eigenvalue weighted by Crippen LogP contribution is -2.69. The van der Waals surface area contributed by atoms with Gasteiger partial charge in [0.15, 0.2) is 6.23 Å². The molecule has 2 fully saturated rings. The Morgan fingerprint density at radius 2 is 2.22 bits per heavy atom. The largest absolute Gasteiger partial charge is 0.446 e. The van der Waals surface area contributed by atoms with Crippen LogP contribution in [0.2, 0.25) is 0 Å². The molecule has 1 N–H and O–H groups in total. The standard InChI is InChI=1S/C14H23NO3/c1-3-4-5-6-10(2)12(17)18-13-14(9-15-13)7-11(16)8-14/h10,13,15H,3-9H2,1-2H3. The Morgan fingerprint density at radius 1 is 1.50 bits per heavy atom. The number of ether oxygens (including phenoxy) is 1. The predicted molar refractivity (Wildman–Crippen MR) is 67.9 cm³/mol. The zero-order chi connectivity index (χ0) is 13.2. The maximum atomic E-state index is 11.9. The second kappa shape index (κ2) is 5.39. The van der Waals surface area contributed by atoms with E-state index >= 15 is 0 Å². The Morgan fingerprint density at radius 3 is 2.72 bits per heavy atom. The molecule has 0 amide bonds. The van der Waals surface area contributed by atoms with Crippen LogP contribution in [0.25, 0.3) is 0 Å². The fourth-order valence-electron chi connectivity index (χ4n) is 2.74. The van der Waals surface area contributed by atoms with Crippen molar-refractivity contribution in [3.8, 4) is 0 Å². The van der Waals surface area contributed by atoms with Crippen molar-refractivity contribution in [3.05, 3.63) is 0 Å². The molecule has 1 aliphatic carbocycles. The third kappa shape index (κ3) is 2.58. The van der Waals surface area contributed by atoms with Crippen molar-refractivity contribution in [3.63, 3.8) is 0 Å². The van der Waals surface area contributed by atoms with Gasteiger partial charge in [-0.3, -0.25) is 14.9 Å². The molecular formula is C14H23NO3. The summed E-state index contributed by atoms with van der Waals surface area (Å²) >= 11 is 0. The summed E-state index contributed by atoms with van der Waals surface area (Å²) in [4.78, 5) is 23.0. The molecule has 2 unspecified atom stereocenters. The van der Waals surface area contributed by atoms with Crippen LogP contribution in [0.3, 0.4) is 0 Å². The third-order valence-corrected chi connectivity index (χ3v) is 4.17. The van der Waals surface area contributed by atoms with Gasteiger partial charge in [-0.05, 0) is 6.42 Å². The number of ketones is 1. The van der Waals surface area contributed by atoms with Crippen LogP contribution in [0.5, 0.6) is 0 Å². The first-order valence-corrected chi connectivity index (χ1v) is 7.03. The van der Waals surface area contributed by atoms with Gasteiger partial charge >= 0.3 is 5.97 Å². The fourth-order valence-corrected chi connectivity index (χ4v) is 2.74. The van der Waals surface area contributed by atoms with E-state index in [0.717, 1.165) is 32.2 Å². The Labute approximate surface area is 108 Å². The number of carbonyl (C=O) groups is 2. The lowest BCUT2D eigenvalue weighted by molar-refractivity contribution is -0.191. The Hall–Kier alpha value is -0.900. The average molecular weight is 253 g/mol. The number of esters is 1. The van der Waals surface area contributed by atoms with Gasteiger partial charge in [-0.1, -0.05) is 33.1 Å². The van der Waals surface area contributed by atoms with Gasteiger partial charge in [0, 0.05) is 24.8 Å². The number of rotatable bonds is 6. The highest BCUT2D eigenvalue weighted by Crippen LogP contribution is 2.46. The van der Waals surface area contributed by atoms with Gasteiger partial charge in [0.2, 0.25) is 0 Å². The zero-order valence-electron chi connectivity index (χ0n) is 11.3. The van der Waals surface area contributed by atoms with Crippen LogP contribution < -0.4 is 5.32 Å². The van der Waals surface area contributed by atoms with Crippen molar-refractivity contribution in [2.45, 2.75) is 58.6 Å². The number of unbranched alkanes of at least 4 members (excludes halogenated alkanes) is 2. The molecule has 1 spiro atoms. The van der Waals surface area contributed by atoms with Crippen molar-refractivity contribution >= 4 is 11.8 Å². The summed E-state index contributed by atoms with van der Waals surface area (Å²) in [5, 5.41) is 3.12. The Balaban J connectivity index is 1.72. The molecule has 2 aliphatic rings. The molecule has 0 aromatic rings. The van der Waals surface area contributed by atoms with Gasteiger partial charge < -0.3 is 4.74 Å². The van der Waals surface area contributed by atoms with E-state index in [9.17, 15) is 9.59 Å². The van der Waals surface area contributed by atoms with Gasteiger partial charge in [-0.15, -0.1) is 0 Å². The summed E-state index contributed by atoms with van der Waals surface area (Å²) in [6.07, 6.45) is 5.22. The number of hydrogen-bond acceptors (Lipinski definition) is 4. The zero-order valence-corrected chi connectivity index (χ0v) is 11.3. The summed E-state index contributed by atoms with van der Waals surface area (Å²) in [7, 11) is 0. The van der Waals surface area contributed by atoms with Crippen LogP contribution in [-0.2, 0) is 14.3 Å². The third-order valence-electron chi connectivity index (χ3n) is 4.17. The van der Waals surface area contributed by atoms with Crippen molar-refractivity contribution in [1.82, 2.24) is 5.32 Å². The maximum absolute atomic E-state index is 11.9. The highest BCUT2D eigenvalue weighted by atomic mass is 16.6. The first-order valence-electron chi connectivity index (χ1n) is 7.03. The van der Waals surface area contributed by atoms with Crippen molar-refractivity contribution < 1.29 is 14.3 Å². The molecule has 0 bridgehead atoms. The molecule has 1 saturated carbocycles. The van der Waals surface area contributed by atoms with E-state index in [0.29, 0.717) is 12.8 Å².